The summed E-state index contributed by atoms with van der Waals surface area (Å²) in [6.07, 6.45) is 0. The maximum absolute atomic E-state index is 9.01. The molecule has 0 heterocycles. The number of rotatable bonds is 1. The lowest BCUT2D eigenvalue weighted by Gasteiger charge is -1.92. The number of hydrogen-bond donors (Lipinski definition) is 1. The molecule has 6 heavy (non-hydrogen) atoms. The van der Waals surface area contributed by atoms with E-state index in [1.807, 2.05) is 0 Å². The highest BCUT2D eigenvalue weighted by atomic mass is 16.7. The van der Waals surface area contributed by atoms with Gasteiger partial charge in [-0.1, -0.05) is 7.05 Å². The SMILES string of the molecule is [14CH3][N-][N+](=O)[O-].[NH4+]. The highest BCUT2D eigenvalue weighted by Gasteiger charge is 1.56. The molecular formula is CH7N3O2. The Bertz CT molecular complexity index is 44.1. The van der Waals surface area contributed by atoms with Gasteiger partial charge in [-0.2, -0.15) is 0 Å². The van der Waals surface area contributed by atoms with Crippen LogP contribution in [-0.4, -0.2) is 12.1 Å². The van der Waals surface area contributed by atoms with Crippen molar-refractivity contribution in [1.82, 2.24) is 6.15 Å². The second-order valence-electron chi connectivity index (χ2n) is 0.438. The molecule has 0 unspecified atom stereocenters. The summed E-state index contributed by atoms with van der Waals surface area (Å²) in [5.74, 6) is 0. The summed E-state index contributed by atoms with van der Waals surface area (Å²) in [5.41, 5.74) is 2.61. The standard InChI is InChI=1S/CH3N2O2.H3N/c1-2-3(4)5;/h1H3;1H3/q-1;/p+1/i1+2;. The van der Waals surface area contributed by atoms with Crippen molar-refractivity contribution in [3.05, 3.63) is 15.5 Å². The van der Waals surface area contributed by atoms with E-state index in [1.54, 1.807) is 0 Å². The molecule has 0 aromatic carbocycles. The zero-order valence-electron chi connectivity index (χ0n) is 3.71. The third kappa shape index (κ3) is 11.0. The molecule has 0 aliphatic carbocycles. The van der Waals surface area contributed by atoms with Crippen molar-refractivity contribution in [2.45, 2.75) is 0 Å². The maximum Gasteiger partial charge on any atom is -0.0129 e. The molecule has 5 heteroatoms. The number of nitrogens with zero attached hydrogens (tertiary/aromatic N) is 2. The molecule has 38 valence electrons. The molecule has 0 rings (SSSR count). The molecule has 4 N–H and O–H groups in total. The van der Waals surface area contributed by atoms with Crippen LogP contribution < -0.4 is 6.15 Å². The fourth-order valence-electron chi connectivity index (χ4n) is 0. The van der Waals surface area contributed by atoms with Crippen molar-refractivity contribution in [2.75, 3.05) is 7.05 Å². The van der Waals surface area contributed by atoms with E-state index in [4.69, 9.17) is 10.1 Å². The third-order valence-electron chi connectivity index (χ3n) is 0.163. The number of hydrogen-bond acceptors (Lipinski definition) is 2. The van der Waals surface area contributed by atoms with E-state index < -0.39 is 5.03 Å². The summed E-state index contributed by atoms with van der Waals surface area (Å²) in [6, 6.07) is 0. The molecular weight excluding hydrogens is 88.0 g/mol. The molecule has 0 atom stereocenters. The van der Waals surface area contributed by atoms with Crippen LogP contribution in [0.2, 0.25) is 0 Å². The Kier molecular flexibility index (Phi) is 6.20. The van der Waals surface area contributed by atoms with E-state index in [1.165, 1.54) is 0 Å². The maximum atomic E-state index is 9.01. The van der Waals surface area contributed by atoms with E-state index in [9.17, 15) is 0 Å². The van der Waals surface area contributed by atoms with Gasteiger partial charge in [0.15, 0.2) is 0 Å². The Balaban J connectivity index is 0. The van der Waals surface area contributed by atoms with Crippen LogP contribution in [0.4, 0.5) is 0 Å². The molecule has 0 aliphatic heterocycles. The van der Waals surface area contributed by atoms with Gasteiger partial charge in [-0.15, -0.1) is 0 Å². The Morgan fingerprint density at radius 2 is 2.00 bits per heavy atom. The third-order valence-corrected chi connectivity index (χ3v) is 0.163. The predicted octanol–water partition coefficient (Wildman–Crippen LogP) is 0.558. The lowest BCUT2D eigenvalue weighted by molar-refractivity contribution is -0.423. The summed E-state index contributed by atoms with van der Waals surface area (Å²) in [7, 11) is 1.12. The van der Waals surface area contributed by atoms with E-state index in [2.05, 4.69) is 5.43 Å². The Hall–Kier alpha value is -0.840. The Morgan fingerprint density at radius 3 is 2.00 bits per heavy atom. The van der Waals surface area contributed by atoms with Crippen LogP contribution in [0.15, 0.2) is 0 Å². The highest BCUT2D eigenvalue weighted by molar-refractivity contribution is 4.37. The van der Waals surface area contributed by atoms with Crippen molar-refractivity contribution in [3.8, 4) is 0 Å². The predicted molar refractivity (Wildman–Crippen MR) is 22.3 cm³/mol. The van der Waals surface area contributed by atoms with Crippen LogP contribution >= 0.6 is 0 Å². The molecule has 0 spiro atoms. The highest BCUT2D eigenvalue weighted by Crippen LogP contribution is 1.70. The van der Waals surface area contributed by atoms with Gasteiger partial charge in [-0.05, 0) is 5.03 Å². The molecule has 0 aromatic heterocycles. The van der Waals surface area contributed by atoms with Crippen LogP contribution in [0.5, 0.6) is 0 Å². The smallest absolute Gasteiger partial charge is 0.0129 e. The van der Waals surface area contributed by atoms with Crippen molar-refractivity contribution < 1.29 is 5.03 Å². The lowest BCUT2D eigenvalue weighted by Crippen LogP contribution is -1.82. The molecule has 0 amide bonds. The second kappa shape index (κ2) is 4.16. The van der Waals surface area contributed by atoms with Crippen molar-refractivity contribution in [2.24, 2.45) is 0 Å². The summed E-state index contributed by atoms with van der Waals surface area (Å²) in [6.45, 7) is 0. The fraction of sp³-hybridized carbons (Fsp3) is 1.00. The summed E-state index contributed by atoms with van der Waals surface area (Å²) in [5, 5.41) is 8.26. The van der Waals surface area contributed by atoms with E-state index in [0.717, 1.165) is 7.05 Å². The molecule has 0 bridgehead atoms. The first-order valence-corrected chi connectivity index (χ1v) is 1.01. The van der Waals surface area contributed by atoms with Gasteiger partial charge in [-0.25, -0.2) is 0 Å². The summed E-state index contributed by atoms with van der Waals surface area (Å²) < 4.78 is 0. The number of nitro groups is 1. The molecule has 0 saturated heterocycles. The largest absolute Gasteiger partial charge is 0.382 e. The molecule has 0 radical (unpaired) electrons. The first kappa shape index (κ1) is 8.94. The van der Waals surface area contributed by atoms with E-state index >= 15 is 0 Å². The van der Waals surface area contributed by atoms with Gasteiger partial charge in [0.2, 0.25) is 0 Å². The first-order chi connectivity index (χ1) is 2.27. The normalized spacial score (nSPS) is 5.50. The molecule has 5 nitrogen and oxygen atoms in total. The van der Waals surface area contributed by atoms with Gasteiger partial charge in [0.05, 0.1) is 0 Å². The van der Waals surface area contributed by atoms with Gasteiger partial charge in [0, 0.05) is 0 Å². The zero-order valence-corrected chi connectivity index (χ0v) is 3.71. The topological polar surface area (TPSA) is 93.7 Å². The quantitative estimate of drug-likeness (QED) is 0.380. The van der Waals surface area contributed by atoms with Crippen LogP contribution in [0.3, 0.4) is 0 Å². The van der Waals surface area contributed by atoms with Gasteiger partial charge >= 0.3 is 0 Å². The Labute approximate surface area is 35.0 Å². The van der Waals surface area contributed by atoms with Gasteiger partial charge in [0.1, 0.15) is 0 Å². The minimum atomic E-state index is -0.750. The van der Waals surface area contributed by atoms with Crippen molar-refractivity contribution in [1.29, 1.82) is 0 Å². The fourth-order valence-corrected chi connectivity index (χ4v) is 0. The van der Waals surface area contributed by atoms with E-state index in [0.29, 0.717) is 0 Å². The van der Waals surface area contributed by atoms with Gasteiger partial charge in [-0.3, -0.25) is 10.1 Å². The zero-order chi connectivity index (χ0) is 4.28. The van der Waals surface area contributed by atoms with Crippen LogP contribution in [0.1, 0.15) is 0 Å². The van der Waals surface area contributed by atoms with Crippen LogP contribution in [-0.2, 0) is 0 Å². The average molecular weight is 95.1 g/mol. The molecule has 0 aliphatic rings. The molecule has 0 aromatic rings. The summed E-state index contributed by atoms with van der Waals surface area (Å²) >= 11 is 0. The van der Waals surface area contributed by atoms with Gasteiger partial charge < -0.3 is 11.6 Å². The summed E-state index contributed by atoms with van der Waals surface area (Å²) in [4.78, 5) is 9.01. The second-order valence-corrected chi connectivity index (χ2v) is 0.438. The Morgan fingerprint density at radius 1 is 1.83 bits per heavy atom. The van der Waals surface area contributed by atoms with Crippen molar-refractivity contribution >= 4 is 0 Å². The van der Waals surface area contributed by atoms with E-state index in [-0.39, 0.29) is 6.15 Å². The van der Waals surface area contributed by atoms with Crippen LogP contribution in [0, 0.1) is 10.1 Å². The van der Waals surface area contributed by atoms with Crippen molar-refractivity contribution in [3.63, 3.8) is 0 Å². The average Bonchev–Trinajstić information content (AvgIpc) is 1.38. The van der Waals surface area contributed by atoms with Gasteiger partial charge in [0.25, 0.3) is 0 Å². The molecule has 0 saturated carbocycles. The first-order valence-electron chi connectivity index (χ1n) is 1.01. The van der Waals surface area contributed by atoms with Crippen LogP contribution in [0.25, 0.3) is 5.43 Å². The monoisotopic (exact) mass is 95.1 g/mol. The lowest BCUT2D eigenvalue weighted by atomic mass is 12.5. The minimum Gasteiger partial charge on any atom is -0.382 e. The number of quaternary nitrogens is 1. The molecule has 0 fully saturated rings. The minimum absolute atomic E-state index is 0.